The smallest absolute Gasteiger partial charge is 0.245 e. The zero-order chi connectivity index (χ0) is 21.8. The molecule has 0 aliphatic carbocycles. The molecule has 2 aliphatic heterocycles. The van der Waals surface area contributed by atoms with Crippen LogP contribution < -0.4 is 14.9 Å². The number of hydrogen-bond donors (Lipinski definition) is 3. The summed E-state index contributed by atoms with van der Waals surface area (Å²) in [4.78, 5) is 17.2. The molecule has 11 heteroatoms. The molecule has 170 valence electrons. The van der Waals surface area contributed by atoms with Crippen molar-refractivity contribution in [2.75, 3.05) is 18.0 Å². The lowest BCUT2D eigenvalue weighted by Crippen LogP contribution is -2.41. The number of anilines is 1. The number of nitrogens with one attached hydrogen (secondary N) is 3. The Morgan fingerprint density at radius 3 is 2.84 bits per heavy atom. The second-order valence-electron chi connectivity index (χ2n) is 7.76. The minimum atomic E-state index is -3.95. The van der Waals surface area contributed by atoms with Crippen LogP contribution in [-0.2, 0) is 27.8 Å². The molecular formula is C21H21Cl2FN4O3S. The van der Waals surface area contributed by atoms with Crippen molar-refractivity contribution in [2.24, 2.45) is 0 Å². The van der Waals surface area contributed by atoms with E-state index < -0.39 is 27.8 Å². The van der Waals surface area contributed by atoms with Crippen LogP contribution in [0, 0.1) is 5.82 Å². The van der Waals surface area contributed by atoms with Gasteiger partial charge in [-0.25, -0.2) is 12.8 Å². The summed E-state index contributed by atoms with van der Waals surface area (Å²) in [6, 6.07) is 6.99. The third-order valence-electron chi connectivity index (χ3n) is 5.89. The lowest BCUT2D eigenvalue weighted by molar-refractivity contribution is -0.118. The number of carbonyl (C=O) groups excluding carboxylic acids is 1. The predicted octanol–water partition coefficient (Wildman–Crippen LogP) is 3.11. The number of halogens is 3. The van der Waals surface area contributed by atoms with Gasteiger partial charge in [0, 0.05) is 30.2 Å². The molecule has 0 radical (unpaired) electrons. The lowest BCUT2D eigenvalue weighted by atomic mass is 9.99. The maximum absolute atomic E-state index is 15.1. The number of sulfonamides is 1. The van der Waals surface area contributed by atoms with Gasteiger partial charge in [-0.2, -0.15) is 4.72 Å². The summed E-state index contributed by atoms with van der Waals surface area (Å²) in [6.07, 6.45) is 2.39. The number of aromatic amines is 1. The molecule has 1 amide bonds. The van der Waals surface area contributed by atoms with Crippen LogP contribution in [0.2, 0.25) is 5.02 Å². The molecule has 1 atom stereocenters. The van der Waals surface area contributed by atoms with Gasteiger partial charge in [-0.15, -0.1) is 12.4 Å². The van der Waals surface area contributed by atoms with E-state index in [4.69, 9.17) is 11.6 Å². The first-order valence-corrected chi connectivity index (χ1v) is 11.8. The van der Waals surface area contributed by atoms with E-state index in [1.54, 1.807) is 18.3 Å². The third-order valence-corrected chi connectivity index (χ3v) is 7.68. The average Bonchev–Trinajstić information content (AvgIpc) is 3.31. The molecule has 1 fully saturated rings. The Morgan fingerprint density at radius 1 is 1.22 bits per heavy atom. The molecule has 2 aromatic carbocycles. The van der Waals surface area contributed by atoms with E-state index in [1.165, 1.54) is 17.0 Å². The molecule has 0 spiro atoms. The Bertz CT molecular complexity index is 1310. The number of H-pyrrole nitrogens is 1. The van der Waals surface area contributed by atoms with Crippen molar-refractivity contribution in [3.05, 3.63) is 58.5 Å². The van der Waals surface area contributed by atoms with E-state index in [0.29, 0.717) is 41.0 Å². The number of fused-ring (bicyclic) bond motifs is 2. The van der Waals surface area contributed by atoms with Crippen molar-refractivity contribution in [1.29, 1.82) is 0 Å². The highest BCUT2D eigenvalue weighted by Gasteiger charge is 2.37. The summed E-state index contributed by atoms with van der Waals surface area (Å²) in [5, 5.41) is 4.40. The normalized spacial score (nSPS) is 18.6. The van der Waals surface area contributed by atoms with E-state index in [-0.39, 0.29) is 36.0 Å². The van der Waals surface area contributed by atoms with Crippen LogP contribution in [0.4, 0.5) is 10.1 Å². The second-order valence-corrected chi connectivity index (χ2v) is 9.88. The molecule has 32 heavy (non-hydrogen) atoms. The van der Waals surface area contributed by atoms with Crippen molar-refractivity contribution in [3.63, 3.8) is 0 Å². The van der Waals surface area contributed by atoms with Crippen LogP contribution in [0.25, 0.3) is 10.9 Å². The molecule has 5 rings (SSSR count). The molecule has 2 aliphatic rings. The van der Waals surface area contributed by atoms with Gasteiger partial charge in [0.2, 0.25) is 15.9 Å². The lowest BCUT2D eigenvalue weighted by Gasteiger charge is -2.23. The monoisotopic (exact) mass is 498 g/mol. The first kappa shape index (κ1) is 23.0. The van der Waals surface area contributed by atoms with Crippen molar-refractivity contribution >= 4 is 56.5 Å². The number of rotatable bonds is 4. The molecule has 1 aromatic heterocycles. The fourth-order valence-corrected chi connectivity index (χ4v) is 5.72. The highest BCUT2D eigenvalue weighted by molar-refractivity contribution is 7.89. The number of hydrogen-bond acceptors (Lipinski definition) is 4. The van der Waals surface area contributed by atoms with Gasteiger partial charge in [0.25, 0.3) is 0 Å². The first-order valence-electron chi connectivity index (χ1n) is 9.96. The summed E-state index contributed by atoms with van der Waals surface area (Å²) >= 11 is 6.05. The Morgan fingerprint density at radius 2 is 2.03 bits per heavy atom. The average molecular weight is 499 g/mol. The summed E-state index contributed by atoms with van der Waals surface area (Å²) in [6.45, 7) is 1.52. The minimum absolute atomic E-state index is 0. The Hall–Kier alpha value is -2.17. The van der Waals surface area contributed by atoms with Crippen LogP contribution in [0.1, 0.15) is 17.5 Å². The second kappa shape index (κ2) is 8.64. The van der Waals surface area contributed by atoms with Gasteiger partial charge in [0.15, 0.2) is 0 Å². The molecule has 7 nitrogen and oxygen atoms in total. The van der Waals surface area contributed by atoms with Crippen LogP contribution in [0.5, 0.6) is 0 Å². The van der Waals surface area contributed by atoms with Gasteiger partial charge in [0.05, 0.1) is 15.6 Å². The van der Waals surface area contributed by atoms with E-state index in [9.17, 15) is 13.2 Å². The summed E-state index contributed by atoms with van der Waals surface area (Å²) in [7, 11) is -3.95. The molecular weight excluding hydrogens is 478 g/mol. The third kappa shape index (κ3) is 3.88. The van der Waals surface area contributed by atoms with Crippen molar-refractivity contribution in [2.45, 2.75) is 30.3 Å². The van der Waals surface area contributed by atoms with E-state index >= 15 is 4.39 Å². The first-order chi connectivity index (χ1) is 14.8. The number of aromatic nitrogens is 1. The molecule has 3 aromatic rings. The molecule has 3 heterocycles. The van der Waals surface area contributed by atoms with Crippen molar-refractivity contribution in [3.8, 4) is 0 Å². The maximum Gasteiger partial charge on any atom is 0.245 e. The highest BCUT2D eigenvalue weighted by atomic mass is 35.5. The SMILES string of the molecule is Cl.O=C1[C@@H](NS(=O)(=O)c2ccc3c(Cl)c[nH]c3c2)CCN1c1ccc2c(c1F)CCNC2. The maximum atomic E-state index is 15.1. The van der Waals surface area contributed by atoms with Gasteiger partial charge in [-0.3, -0.25) is 4.79 Å². The van der Waals surface area contributed by atoms with Gasteiger partial charge >= 0.3 is 0 Å². The molecule has 0 bridgehead atoms. The number of benzene rings is 2. The summed E-state index contributed by atoms with van der Waals surface area (Å²) in [5.41, 5.74) is 2.29. The molecule has 0 unspecified atom stereocenters. The van der Waals surface area contributed by atoms with E-state index in [1.807, 2.05) is 6.07 Å². The number of carbonyl (C=O) groups is 1. The van der Waals surface area contributed by atoms with E-state index in [2.05, 4.69) is 15.0 Å². The fraction of sp³-hybridized carbons (Fsp3) is 0.286. The molecule has 1 saturated heterocycles. The van der Waals surface area contributed by atoms with Crippen LogP contribution in [0.3, 0.4) is 0 Å². The fourth-order valence-electron chi connectivity index (χ4n) is 4.25. The van der Waals surface area contributed by atoms with E-state index in [0.717, 1.165) is 5.56 Å². The topological polar surface area (TPSA) is 94.3 Å². The molecule has 0 saturated carbocycles. The van der Waals surface area contributed by atoms with Crippen LogP contribution in [-0.4, -0.2) is 38.4 Å². The van der Waals surface area contributed by atoms with Crippen molar-refractivity contribution in [1.82, 2.24) is 15.0 Å². The predicted molar refractivity (Wildman–Crippen MR) is 123 cm³/mol. The van der Waals surface area contributed by atoms with Gasteiger partial charge in [-0.05, 0) is 54.8 Å². The van der Waals surface area contributed by atoms with Crippen molar-refractivity contribution < 1.29 is 17.6 Å². The Balaban J connectivity index is 0.00000245. The largest absolute Gasteiger partial charge is 0.360 e. The number of nitrogens with zero attached hydrogens (tertiary/aromatic N) is 1. The highest BCUT2D eigenvalue weighted by Crippen LogP contribution is 2.31. The Kier molecular flexibility index (Phi) is 6.21. The van der Waals surface area contributed by atoms with Gasteiger partial charge in [-0.1, -0.05) is 17.7 Å². The zero-order valence-electron chi connectivity index (χ0n) is 16.8. The molecule has 3 N–H and O–H groups in total. The van der Waals surface area contributed by atoms with Crippen LogP contribution in [0.15, 0.2) is 41.4 Å². The summed E-state index contributed by atoms with van der Waals surface area (Å²) < 4.78 is 43.3. The Labute approximate surface area is 195 Å². The minimum Gasteiger partial charge on any atom is -0.360 e. The summed E-state index contributed by atoms with van der Waals surface area (Å²) in [5.74, 6) is -0.856. The van der Waals surface area contributed by atoms with Gasteiger partial charge < -0.3 is 15.2 Å². The standard InChI is InChI=1S/C21H20ClFN4O3S.ClH/c22-16-11-25-18-9-13(2-3-15(16)18)31(29,30)26-17-6-8-27(21(17)28)19-4-1-12-10-24-7-5-14(12)20(19)23;/h1-4,9,11,17,24-26H,5-8,10H2;1H/t17-;/m0./s1. The quantitative estimate of drug-likeness (QED) is 0.515. The van der Waals surface area contributed by atoms with Crippen LogP contribution >= 0.6 is 24.0 Å². The number of amides is 1. The zero-order valence-corrected chi connectivity index (χ0v) is 19.2. The van der Waals surface area contributed by atoms with Gasteiger partial charge in [0.1, 0.15) is 11.9 Å².